The van der Waals surface area contributed by atoms with Crippen molar-refractivity contribution >= 4 is 41.0 Å². The molecule has 4 rings (SSSR count). The number of anilines is 2. The first-order valence-corrected chi connectivity index (χ1v) is 13.9. The fourth-order valence-electron chi connectivity index (χ4n) is 3.75. The van der Waals surface area contributed by atoms with Crippen LogP contribution in [0.1, 0.15) is 36.1 Å². The lowest BCUT2D eigenvalue weighted by Crippen LogP contribution is -2.19. The fraction of sp³-hybridized carbons (Fsp3) is 0.152. The van der Waals surface area contributed by atoms with Crippen LogP contribution in [0.25, 0.3) is 6.08 Å². The van der Waals surface area contributed by atoms with Gasteiger partial charge in [0.1, 0.15) is 11.0 Å². The minimum absolute atomic E-state index is 0.116. The van der Waals surface area contributed by atoms with E-state index in [2.05, 4.69) is 17.6 Å². The maximum atomic E-state index is 13.4. The summed E-state index contributed by atoms with van der Waals surface area (Å²) < 4.78 is 5.72. The molecule has 2 amide bonds. The Balaban J connectivity index is 1.39. The molecule has 0 radical (unpaired) electrons. The van der Waals surface area contributed by atoms with E-state index in [0.29, 0.717) is 18.0 Å². The lowest BCUT2D eigenvalue weighted by molar-refractivity contribution is -0.116. The molecule has 5 nitrogen and oxygen atoms in total. The van der Waals surface area contributed by atoms with Crippen molar-refractivity contribution in [1.82, 2.24) is 0 Å². The SMILES string of the molecule is CCCCOc1ccc(NC(=O)C(Sc2ccc(NC(=O)/C=C/c3ccccc3)cc2)c2ccccc2)cc1. The Kier molecular flexibility index (Phi) is 10.4. The maximum Gasteiger partial charge on any atom is 0.248 e. The summed E-state index contributed by atoms with van der Waals surface area (Å²) in [7, 11) is 0. The predicted octanol–water partition coefficient (Wildman–Crippen LogP) is 7.99. The smallest absolute Gasteiger partial charge is 0.248 e. The van der Waals surface area contributed by atoms with Crippen molar-refractivity contribution in [3.63, 3.8) is 0 Å². The Bertz CT molecular complexity index is 1360. The van der Waals surface area contributed by atoms with Crippen LogP contribution in [0.15, 0.2) is 120 Å². The molecule has 0 aliphatic rings. The highest BCUT2D eigenvalue weighted by Gasteiger charge is 2.22. The zero-order valence-electron chi connectivity index (χ0n) is 21.9. The number of carbonyl (C=O) groups excluding carboxylic acids is 2. The molecule has 1 unspecified atom stereocenters. The van der Waals surface area contributed by atoms with Gasteiger partial charge in [-0.2, -0.15) is 0 Å². The number of amides is 2. The highest BCUT2D eigenvalue weighted by molar-refractivity contribution is 8.00. The van der Waals surface area contributed by atoms with Crippen LogP contribution in [-0.2, 0) is 9.59 Å². The van der Waals surface area contributed by atoms with E-state index in [1.807, 2.05) is 109 Å². The zero-order chi connectivity index (χ0) is 27.3. The number of hydrogen-bond acceptors (Lipinski definition) is 4. The average molecular weight is 537 g/mol. The number of thioether (sulfide) groups is 1. The van der Waals surface area contributed by atoms with Gasteiger partial charge in [-0.05, 0) is 72.2 Å². The summed E-state index contributed by atoms with van der Waals surface area (Å²) >= 11 is 1.46. The first-order valence-electron chi connectivity index (χ1n) is 13.0. The summed E-state index contributed by atoms with van der Waals surface area (Å²) in [6.45, 7) is 2.81. The average Bonchev–Trinajstić information content (AvgIpc) is 2.97. The summed E-state index contributed by atoms with van der Waals surface area (Å²) in [4.78, 5) is 26.6. The quantitative estimate of drug-likeness (QED) is 0.109. The fourth-order valence-corrected chi connectivity index (χ4v) is 4.77. The normalized spacial score (nSPS) is 11.6. The molecule has 0 saturated heterocycles. The van der Waals surface area contributed by atoms with Gasteiger partial charge < -0.3 is 15.4 Å². The summed E-state index contributed by atoms with van der Waals surface area (Å²) in [5, 5.41) is 5.46. The van der Waals surface area contributed by atoms with Crippen molar-refractivity contribution in [3.8, 4) is 5.75 Å². The van der Waals surface area contributed by atoms with Crippen molar-refractivity contribution in [2.75, 3.05) is 17.2 Å². The summed E-state index contributed by atoms with van der Waals surface area (Å²) in [6.07, 6.45) is 5.37. The molecule has 0 aromatic heterocycles. The second kappa shape index (κ2) is 14.6. The van der Waals surface area contributed by atoms with Gasteiger partial charge in [-0.1, -0.05) is 74.0 Å². The molecule has 198 valence electrons. The van der Waals surface area contributed by atoms with Crippen LogP contribution in [0.5, 0.6) is 5.75 Å². The van der Waals surface area contributed by atoms with E-state index in [4.69, 9.17) is 4.74 Å². The molecule has 2 N–H and O–H groups in total. The van der Waals surface area contributed by atoms with Crippen molar-refractivity contribution in [3.05, 3.63) is 126 Å². The van der Waals surface area contributed by atoms with E-state index in [-0.39, 0.29) is 11.8 Å². The zero-order valence-corrected chi connectivity index (χ0v) is 22.7. The first-order chi connectivity index (χ1) is 19.1. The van der Waals surface area contributed by atoms with E-state index < -0.39 is 5.25 Å². The molecule has 0 fully saturated rings. The van der Waals surface area contributed by atoms with Gasteiger partial charge in [0.25, 0.3) is 0 Å². The molecule has 0 spiro atoms. The number of rotatable bonds is 12. The van der Waals surface area contributed by atoms with Gasteiger partial charge in [0.15, 0.2) is 0 Å². The van der Waals surface area contributed by atoms with E-state index >= 15 is 0 Å². The van der Waals surface area contributed by atoms with Crippen LogP contribution in [0.4, 0.5) is 11.4 Å². The Hall–Kier alpha value is -4.29. The molecule has 0 heterocycles. The molecule has 0 saturated carbocycles. The Morgan fingerprint density at radius 2 is 1.41 bits per heavy atom. The Morgan fingerprint density at radius 3 is 2.08 bits per heavy atom. The first kappa shape index (κ1) is 27.7. The molecule has 1 atom stereocenters. The number of ether oxygens (including phenoxy) is 1. The standard InChI is InChI=1S/C33H32N2O3S/c1-2-3-24-38-29-19-15-28(16-20-29)35-33(37)32(26-12-8-5-9-13-26)39-30-21-17-27(18-22-30)34-31(36)23-14-25-10-6-4-7-11-25/h4-23,32H,2-3,24H2,1H3,(H,34,36)(H,35,37)/b23-14+. The summed E-state index contributed by atoms with van der Waals surface area (Å²) in [5.74, 6) is 0.468. The summed E-state index contributed by atoms with van der Waals surface area (Å²) in [5.41, 5.74) is 3.26. The van der Waals surface area contributed by atoms with Crippen LogP contribution in [0, 0.1) is 0 Å². The maximum absolute atomic E-state index is 13.4. The third-order valence-electron chi connectivity index (χ3n) is 5.83. The van der Waals surface area contributed by atoms with Crippen LogP contribution in [0.2, 0.25) is 0 Å². The highest BCUT2D eigenvalue weighted by Crippen LogP contribution is 2.37. The third kappa shape index (κ3) is 8.90. The second-order valence-electron chi connectivity index (χ2n) is 8.88. The van der Waals surface area contributed by atoms with E-state index in [1.54, 1.807) is 6.08 Å². The number of unbranched alkanes of at least 4 members (excludes halogenated alkanes) is 1. The minimum atomic E-state index is -0.457. The minimum Gasteiger partial charge on any atom is -0.494 e. The molecule has 4 aromatic carbocycles. The van der Waals surface area contributed by atoms with Crippen molar-refractivity contribution in [2.24, 2.45) is 0 Å². The van der Waals surface area contributed by atoms with Gasteiger partial charge in [0, 0.05) is 22.3 Å². The topological polar surface area (TPSA) is 67.4 Å². The molecule has 39 heavy (non-hydrogen) atoms. The number of nitrogens with one attached hydrogen (secondary N) is 2. The van der Waals surface area contributed by atoms with Gasteiger partial charge in [-0.15, -0.1) is 11.8 Å². The Labute approximate surface area is 234 Å². The van der Waals surface area contributed by atoms with Gasteiger partial charge in [0.05, 0.1) is 6.61 Å². The third-order valence-corrected chi connectivity index (χ3v) is 7.10. The summed E-state index contributed by atoms with van der Waals surface area (Å²) in [6, 6.07) is 34.3. The molecular weight excluding hydrogens is 504 g/mol. The highest BCUT2D eigenvalue weighted by atomic mass is 32.2. The van der Waals surface area contributed by atoms with Crippen molar-refractivity contribution in [2.45, 2.75) is 29.9 Å². The van der Waals surface area contributed by atoms with Gasteiger partial charge >= 0.3 is 0 Å². The second-order valence-corrected chi connectivity index (χ2v) is 10.1. The number of benzene rings is 4. The lowest BCUT2D eigenvalue weighted by atomic mass is 10.1. The van der Waals surface area contributed by atoms with E-state index in [1.165, 1.54) is 17.8 Å². The van der Waals surface area contributed by atoms with Crippen LogP contribution in [0.3, 0.4) is 0 Å². The van der Waals surface area contributed by atoms with Crippen LogP contribution >= 0.6 is 11.8 Å². The molecule has 4 aromatic rings. The monoisotopic (exact) mass is 536 g/mol. The lowest BCUT2D eigenvalue weighted by Gasteiger charge is -2.17. The Morgan fingerprint density at radius 1 is 0.795 bits per heavy atom. The van der Waals surface area contributed by atoms with Crippen molar-refractivity contribution < 1.29 is 14.3 Å². The van der Waals surface area contributed by atoms with Crippen LogP contribution in [-0.4, -0.2) is 18.4 Å². The predicted molar refractivity (Wildman–Crippen MR) is 161 cm³/mol. The molecule has 6 heteroatoms. The van der Waals surface area contributed by atoms with Gasteiger partial charge in [-0.3, -0.25) is 9.59 Å². The van der Waals surface area contributed by atoms with Gasteiger partial charge in [0.2, 0.25) is 11.8 Å². The van der Waals surface area contributed by atoms with Crippen molar-refractivity contribution in [1.29, 1.82) is 0 Å². The van der Waals surface area contributed by atoms with Crippen LogP contribution < -0.4 is 15.4 Å². The molecule has 0 aliphatic carbocycles. The molecule has 0 bridgehead atoms. The van der Waals surface area contributed by atoms with E-state index in [0.717, 1.165) is 34.6 Å². The van der Waals surface area contributed by atoms with E-state index in [9.17, 15) is 9.59 Å². The molecular formula is C33H32N2O3S. The largest absolute Gasteiger partial charge is 0.494 e. The van der Waals surface area contributed by atoms with Gasteiger partial charge in [-0.25, -0.2) is 0 Å². The number of hydrogen-bond donors (Lipinski definition) is 2. The number of carbonyl (C=O) groups is 2. The molecule has 0 aliphatic heterocycles.